The summed E-state index contributed by atoms with van der Waals surface area (Å²) >= 11 is 0.905. The zero-order valence-electron chi connectivity index (χ0n) is 17.7. The van der Waals surface area contributed by atoms with Gasteiger partial charge in [0.15, 0.2) is 26.5 Å². The summed E-state index contributed by atoms with van der Waals surface area (Å²) in [6.07, 6.45) is 0.997. The summed E-state index contributed by atoms with van der Waals surface area (Å²) in [5, 5.41) is 10.8. The molecular formula is C23H16F2N2O6S2. The van der Waals surface area contributed by atoms with Crippen molar-refractivity contribution >= 4 is 38.2 Å². The Morgan fingerprint density at radius 1 is 1.17 bits per heavy atom. The van der Waals surface area contributed by atoms with Gasteiger partial charge in [-0.2, -0.15) is 0 Å². The number of carbonyl (C=O) groups is 2. The van der Waals surface area contributed by atoms with E-state index in [1.165, 1.54) is 30.5 Å². The lowest BCUT2D eigenvalue weighted by atomic mass is 10.1. The number of hydrogen-bond donors (Lipinski definition) is 2. The van der Waals surface area contributed by atoms with E-state index in [1.807, 2.05) is 5.92 Å². The van der Waals surface area contributed by atoms with Crippen molar-refractivity contribution in [2.45, 2.75) is 29.1 Å². The molecule has 4 rings (SSSR count). The zero-order chi connectivity index (χ0) is 25.2. The van der Waals surface area contributed by atoms with Gasteiger partial charge >= 0.3 is 5.97 Å². The highest BCUT2D eigenvalue weighted by Gasteiger charge is 2.37. The maximum atomic E-state index is 14.2. The van der Waals surface area contributed by atoms with Gasteiger partial charge in [0.05, 0.1) is 21.2 Å². The Kier molecular flexibility index (Phi) is 6.81. The second-order valence-electron chi connectivity index (χ2n) is 7.46. The lowest BCUT2D eigenvalue weighted by Crippen LogP contribution is -2.26. The molecule has 1 aliphatic carbocycles. The van der Waals surface area contributed by atoms with Crippen LogP contribution < -0.4 is 10.1 Å². The first kappa shape index (κ1) is 24.3. The lowest BCUT2D eigenvalue weighted by Gasteiger charge is -2.19. The van der Waals surface area contributed by atoms with Crippen molar-refractivity contribution in [1.82, 2.24) is 4.98 Å². The quantitative estimate of drug-likeness (QED) is 0.459. The fourth-order valence-corrected chi connectivity index (χ4v) is 5.38. The third-order valence-electron chi connectivity index (χ3n) is 4.88. The van der Waals surface area contributed by atoms with Crippen molar-refractivity contribution in [3.63, 3.8) is 0 Å². The number of carbonyl (C=O) groups excluding carboxylic acids is 1. The Hall–Kier alpha value is -3.82. The van der Waals surface area contributed by atoms with Crippen LogP contribution in [0.5, 0.6) is 5.75 Å². The predicted octanol–water partition coefficient (Wildman–Crippen LogP) is 3.55. The van der Waals surface area contributed by atoms with E-state index < -0.39 is 50.5 Å². The van der Waals surface area contributed by atoms with Gasteiger partial charge in [-0.25, -0.2) is 27.0 Å². The molecule has 3 aromatic rings. The molecule has 1 unspecified atom stereocenters. The third kappa shape index (κ3) is 5.82. The van der Waals surface area contributed by atoms with Crippen molar-refractivity contribution < 1.29 is 36.6 Å². The number of halogens is 2. The van der Waals surface area contributed by atoms with Crippen molar-refractivity contribution in [1.29, 1.82) is 0 Å². The molecule has 0 radical (unpaired) electrons. The second kappa shape index (κ2) is 9.81. The molecule has 180 valence electrons. The number of thiazole rings is 1. The summed E-state index contributed by atoms with van der Waals surface area (Å²) < 4.78 is 58.0. The first-order valence-corrected chi connectivity index (χ1v) is 12.5. The van der Waals surface area contributed by atoms with E-state index in [0.717, 1.165) is 23.5 Å². The molecule has 2 N–H and O–H groups in total. The molecule has 1 amide bonds. The average Bonchev–Trinajstić information content (AvgIpc) is 3.58. The number of nitrogens with one attached hydrogen (secondary N) is 1. The number of carboxylic acid groups (broad SMARTS) is 1. The van der Waals surface area contributed by atoms with Gasteiger partial charge in [-0.05, 0) is 43.0 Å². The summed E-state index contributed by atoms with van der Waals surface area (Å²) in [7, 11) is -3.46. The van der Waals surface area contributed by atoms with Crippen LogP contribution in [0, 0.1) is 23.5 Å². The van der Waals surface area contributed by atoms with E-state index in [2.05, 4.69) is 16.2 Å². The van der Waals surface area contributed by atoms with Crippen LogP contribution in [0.15, 0.2) is 53.6 Å². The fourth-order valence-electron chi connectivity index (χ4n) is 3.05. The largest absolute Gasteiger partial charge is 0.473 e. The first-order valence-electron chi connectivity index (χ1n) is 10.1. The minimum atomic E-state index is -3.46. The second-order valence-corrected chi connectivity index (χ2v) is 10.7. The number of ether oxygens (including phenoxy) is 1. The highest BCUT2D eigenvalue weighted by atomic mass is 32.2. The minimum absolute atomic E-state index is 0.0748. The number of aliphatic carboxylic acids is 1. The molecule has 0 aliphatic heterocycles. The Balaban J connectivity index is 1.62. The standard InChI is InChI=1S/C23H16F2N2O6S2/c24-14-3-9-19(18(25)11-14)33-21(13-1-5-16(6-2-13)35(31,32)17-7-8-17)22(30)27-23-26-12-15(34-23)4-10-20(28)29/h1-3,5-6,9,11-12,17,21H,7-8H2,(H,28,29)(H,26,27,30). The first-order chi connectivity index (χ1) is 16.6. The van der Waals surface area contributed by atoms with Crippen LogP contribution in [-0.2, 0) is 19.4 Å². The van der Waals surface area contributed by atoms with E-state index in [4.69, 9.17) is 9.84 Å². The highest BCUT2D eigenvalue weighted by molar-refractivity contribution is 7.92. The van der Waals surface area contributed by atoms with Gasteiger partial charge < -0.3 is 9.84 Å². The molecular weight excluding hydrogens is 502 g/mol. The molecule has 0 spiro atoms. The van der Waals surface area contributed by atoms with Gasteiger partial charge in [-0.3, -0.25) is 10.1 Å². The molecule has 1 heterocycles. The van der Waals surface area contributed by atoms with Crippen molar-refractivity contribution in [2.24, 2.45) is 0 Å². The molecule has 1 aliphatic rings. The lowest BCUT2D eigenvalue weighted by molar-refractivity contribution is -0.130. The van der Waals surface area contributed by atoms with E-state index in [0.29, 0.717) is 18.9 Å². The van der Waals surface area contributed by atoms with Crippen molar-refractivity contribution in [3.8, 4) is 17.6 Å². The molecule has 0 saturated heterocycles. The number of nitrogens with zero attached hydrogens (tertiary/aromatic N) is 1. The number of carboxylic acids is 1. The highest BCUT2D eigenvalue weighted by Crippen LogP contribution is 2.34. The maximum Gasteiger partial charge on any atom is 0.382 e. The number of sulfone groups is 1. The number of amides is 1. The summed E-state index contributed by atoms with van der Waals surface area (Å²) in [4.78, 5) is 28.0. The van der Waals surface area contributed by atoms with Gasteiger partial charge in [-0.1, -0.05) is 23.5 Å². The van der Waals surface area contributed by atoms with Gasteiger partial charge in [0.25, 0.3) is 5.91 Å². The van der Waals surface area contributed by atoms with Crippen molar-refractivity contribution in [3.05, 3.63) is 70.7 Å². The molecule has 2 aromatic carbocycles. The number of aromatic nitrogens is 1. The molecule has 12 heteroatoms. The van der Waals surface area contributed by atoms with Crippen LogP contribution in [0.1, 0.15) is 29.4 Å². The number of anilines is 1. The van der Waals surface area contributed by atoms with Crippen LogP contribution in [0.2, 0.25) is 0 Å². The number of hydrogen-bond acceptors (Lipinski definition) is 7. The van der Waals surface area contributed by atoms with E-state index in [-0.39, 0.29) is 20.5 Å². The van der Waals surface area contributed by atoms with Crippen LogP contribution in [0.4, 0.5) is 13.9 Å². The van der Waals surface area contributed by atoms with E-state index >= 15 is 0 Å². The summed E-state index contributed by atoms with van der Waals surface area (Å²) in [5.74, 6) is -0.0674. The van der Waals surface area contributed by atoms with Crippen LogP contribution >= 0.6 is 11.3 Å². The van der Waals surface area contributed by atoms with Gasteiger partial charge in [-0.15, -0.1) is 0 Å². The Morgan fingerprint density at radius 2 is 1.89 bits per heavy atom. The molecule has 1 aromatic heterocycles. The topological polar surface area (TPSA) is 123 Å². The van der Waals surface area contributed by atoms with Crippen molar-refractivity contribution in [2.75, 3.05) is 5.32 Å². The van der Waals surface area contributed by atoms with Gasteiger partial charge in [0, 0.05) is 17.6 Å². The van der Waals surface area contributed by atoms with Crippen LogP contribution in [0.25, 0.3) is 0 Å². The Labute approximate surface area is 202 Å². The molecule has 35 heavy (non-hydrogen) atoms. The van der Waals surface area contributed by atoms with E-state index in [1.54, 1.807) is 0 Å². The smallest absolute Gasteiger partial charge is 0.382 e. The molecule has 1 atom stereocenters. The predicted molar refractivity (Wildman–Crippen MR) is 122 cm³/mol. The molecule has 1 fully saturated rings. The van der Waals surface area contributed by atoms with Crippen LogP contribution in [-0.4, -0.2) is 35.6 Å². The zero-order valence-corrected chi connectivity index (χ0v) is 19.3. The molecule has 0 bridgehead atoms. The fraction of sp³-hybridized carbons (Fsp3) is 0.174. The monoisotopic (exact) mass is 518 g/mol. The Bertz CT molecular complexity index is 1460. The summed E-state index contributed by atoms with van der Waals surface area (Å²) in [6, 6.07) is 8.04. The number of benzene rings is 2. The summed E-state index contributed by atoms with van der Waals surface area (Å²) in [6.45, 7) is 0. The van der Waals surface area contributed by atoms with Gasteiger partial charge in [0.1, 0.15) is 5.82 Å². The average molecular weight is 519 g/mol. The third-order valence-corrected chi connectivity index (χ3v) is 7.99. The summed E-state index contributed by atoms with van der Waals surface area (Å²) in [5.41, 5.74) is 0.212. The molecule has 1 saturated carbocycles. The Morgan fingerprint density at radius 3 is 2.51 bits per heavy atom. The molecule has 8 nitrogen and oxygen atoms in total. The van der Waals surface area contributed by atoms with E-state index in [9.17, 15) is 26.8 Å². The van der Waals surface area contributed by atoms with Crippen LogP contribution in [0.3, 0.4) is 0 Å². The number of rotatable bonds is 7. The maximum absolute atomic E-state index is 14.2. The van der Waals surface area contributed by atoms with Gasteiger partial charge in [0.2, 0.25) is 6.10 Å². The SMILES string of the molecule is O=C(O)C#Cc1cnc(NC(=O)C(Oc2ccc(F)cc2F)c2ccc(S(=O)(=O)C3CC3)cc2)s1. The normalized spacial score (nSPS) is 13.9. The minimum Gasteiger partial charge on any atom is -0.473 e.